The van der Waals surface area contributed by atoms with Crippen molar-refractivity contribution in [1.29, 1.82) is 0 Å². The molecule has 1 unspecified atom stereocenters. The lowest BCUT2D eigenvalue weighted by molar-refractivity contribution is 0.316. The number of nitrogens with one attached hydrogen (secondary N) is 2. The Kier molecular flexibility index (Phi) is 4.94. The summed E-state index contributed by atoms with van der Waals surface area (Å²) in [5.41, 5.74) is 0. The molecule has 0 aromatic rings. The summed E-state index contributed by atoms with van der Waals surface area (Å²) >= 11 is 0. The lowest BCUT2D eigenvalue weighted by Gasteiger charge is -2.28. The van der Waals surface area contributed by atoms with E-state index >= 15 is 0 Å². The van der Waals surface area contributed by atoms with Gasteiger partial charge >= 0.3 is 0 Å². The number of hydrogen-bond acceptors (Lipinski definition) is 5. The molecule has 17 heavy (non-hydrogen) atoms. The first-order chi connectivity index (χ1) is 7.70. The van der Waals surface area contributed by atoms with Crippen molar-refractivity contribution < 1.29 is 16.8 Å². The van der Waals surface area contributed by atoms with Gasteiger partial charge in [0.2, 0.25) is 10.0 Å². The fourth-order valence-electron chi connectivity index (χ4n) is 2.04. The Hall–Kier alpha value is -0.180. The maximum Gasteiger partial charge on any atom is 0.226 e. The standard InChI is InChI=1S/C9H20N2O4S2/c1-8(9-3-5-10-6-4-9)11-17(14,15)7-16(2,12)13/h8-11H,3-7H2,1-2H3. The fourth-order valence-corrected chi connectivity index (χ4v) is 5.33. The van der Waals surface area contributed by atoms with E-state index in [-0.39, 0.29) is 12.0 Å². The van der Waals surface area contributed by atoms with Gasteiger partial charge in [-0.25, -0.2) is 21.6 Å². The van der Waals surface area contributed by atoms with Crippen LogP contribution in [-0.2, 0) is 19.9 Å². The molecule has 0 aliphatic carbocycles. The quantitative estimate of drug-likeness (QED) is 0.696. The zero-order valence-electron chi connectivity index (χ0n) is 10.1. The average molecular weight is 284 g/mol. The average Bonchev–Trinajstić information content (AvgIpc) is 2.14. The van der Waals surface area contributed by atoms with Crippen molar-refractivity contribution in [2.45, 2.75) is 25.8 Å². The van der Waals surface area contributed by atoms with E-state index in [9.17, 15) is 16.8 Å². The lowest BCUT2D eigenvalue weighted by atomic mass is 9.92. The number of sulfonamides is 1. The number of sulfone groups is 1. The maximum absolute atomic E-state index is 11.6. The number of hydrogen-bond donors (Lipinski definition) is 2. The molecule has 2 N–H and O–H groups in total. The van der Waals surface area contributed by atoms with Gasteiger partial charge in [0.1, 0.15) is 0 Å². The van der Waals surface area contributed by atoms with Gasteiger partial charge in [-0.15, -0.1) is 0 Å². The molecule has 102 valence electrons. The number of piperidine rings is 1. The first kappa shape index (κ1) is 14.9. The summed E-state index contributed by atoms with van der Waals surface area (Å²) < 4.78 is 47.6. The third-order valence-corrected chi connectivity index (χ3v) is 6.51. The Bertz CT molecular complexity index is 438. The molecule has 1 atom stereocenters. The van der Waals surface area contributed by atoms with Gasteiger partial charge in [0.05, 0.1) is 0 Å². The van der Waals surface area contributed by atoms with Crippen molar-refractivity contribution in [2.75, 3.05) is 24.4 Å². The van der Waals surface area contributed by atoms with E-state index in [2.05, 4.69) is 10.0 Å². The van der Waals surface area contributed by atoms with Gasteiger partial charge in [-0.05, 0) is 38.8 Å². The Labute approximate surface area is 103 Å². The summed E-state index contributed by atoms with van der Waals surface area (Å²) in [6.07, 6.45) is 2.73. The zero-order valence-corrected chi connectivity index (χ0v) is 11.8. The van der Waals surface area contributed by atoms with E-state index in [1.54, 1.807) is 6.92 Å². The van der Waals surface area contributed by atoms with Gasteiger partial charge in [-0.1, -0.05) is 0 Å². The van der Waals surface area contributed by atoms with Crippen LogP contribution in [0.2, 0.25) is 0 Å². The maximum atomic E-state index is 11.6. The Morgan fingerprint density at radius 2 is 1.76 bits per heavy atom. The van der Waals surface area contributed by atoms with E-state index < -0.39 is 24.9 Å². The summed E-state index contributed by atoms with van der Waals surface area (Å²) in [5.74, 6) is 0.269. The molecule has 0 saturated carbocycles. The molecule has 0 spiro atoms. The largest absolute Gasteiger partial charge is 0.317 e. The molecule has 0 aromatic heterocycles. The second-order valence-corrected chi connectivity index (χ2v) is 8.91. The van der Waals surface area contributed by atoms with Gasteiger partial charge in [0.25, 0.3) is 0 Å². The van der Waals surface area contributed by atoms with E-state index in [0.717, 1.165) is 32.2 Å². The highest BCUT2D eigenvalue weighted by Crippen LogP contribution is 2.16. The van der Waals surface area contributed by atoms with Crippen molar-refractivity contribution in [2.24, 2.45) is 5.92 Å². The predicted molar refractivity (Wildman–Crippen MR) is 66.8 cm³/mol. The van der Waals surface area contributed by atoms with Crippen LogP contribution >= 0.6 is 0 Å². The summed E-state index contributed by atoms with van der Waals surface area (Å²) in [6.45, 7) is 3.54. The SMILES string of the molecule is CC(NS(=O)(=O)CS(C)(=O)=O)C1CCNCC1. The van der Waals surface area contributed by atoms with Gasteiger partial charge in [0.15, 0.2) is 14.9 Å². The van der Waals surface area contributed by atoms with Gasteiger partial charge < -0.3 is 5.32 Å². The lowest BCUT2D eigenvalue weighted by Crippen LogP contribution is -2.44. The van der Waals surface area contributed by atoms with Gasteiger partial charge in [-0.2, -0.15) is 0 Å². The van der Waals surface area contributed by atoms with Crippen LogP contribution < -0.4 is 10.0 Å². The second-order valence-electron chi connectivity index (χ2n) is 4.65. The molecule has 8 heteroatoms. The molecule has 6 nitrogen and oxygen atoms in total. The highest BCUT2D eigenvalue weighted by atomic mass is 32.3. The molecule has 1 aliphatic rings. The minimum atomic E-state index is -3.75. The van der Waals surface area contributed by atoms with Gasteiger partial charge in [0, 0.05) is 12.3 Å². The number of rotatable bonds is 5. The van der Waals surface area contributed by atoms with Crippen LogP contribution in [-0.4, -0.2) is 47.3 Å². The first-order valence-corrected chi connectivity index (χ1v) is 9.29. The molecule has 1 aliphatic heterocycles. The third-order valence-electron chi connectivity index (χ3n) is 2.83. The molecule has 0 radical (unpaired) electrons. The highest BCUT2D eigenvalue weighted by molar-refractivity contribution is 8.06. The molecule has 1 rings (SSSR count). The second kappa shape index (κ2) is 5.64. The third kappa shape index (κ3) is 5.80. The van der Waals surface area contributed by atoms with Crippen LogP contribution in [0, 0.1) is 5.92 Å². The molecular weight excluding hydrogens is 264 g/mol. The van der Waals surface area contributed by atoms with Crippen LogP contribution in [0.15, 0.2) is 0 Å². The van der Waals surface area contributed by atoms with Crippen molar-refractivity contribution in [1.82, 2.24) is 10.0 Å². The molecule has 1 fully saturated rings. The van der Waals surface area contributed by atoms with E-state index in [0.29, 0.717) is 0 Å². The summed E-state index contributed by atoms with van der Waals surface area (Å²) in [7, 11) is -7.27. The monoisotopic (exact) mass is 284 g/mol. The fraction of sp³-hybridized carbons (Fsp3) is 1.00. The Morgan fingerprint density at radius 1 is 1.24 bits per heavy atom. The van der Waals surface area contributed by atoms with Crippen molar-refractivity contribution in [3.8, 4) is 0 Å². The molecule has 1 saturated heterocycles. The normalized spacial score (nSPS) is 21.3. The smallest absolute Gasteiger partial charge is 0.226 e. The van der Waals surface area contributed by atoms with Crippen LogP contribution in [0.4, 0.5) is 0 Å². The highest BCUT2D eigenvalue weighted by Gasteiger charge is 2.26. The van der Waals surface area contributed by atoms with Crippen LogP contribution in [0.25, 0.3) is 0 Å². The molecule has 0 amide bonds. The molecule has 0 bridgehead atoms. The molecule has 0 aromatic carbocycles. The molecule has 1 heterocycles. The van der Waals surface area contributed by atoms with Crippen molar-refractivity contribution >= 4 is 19.9 Å². The van der Waals surface area contributed by atoms with Crippen molar-refractivity contribution in [3.63, 3.8) is 0 Å². The first-order valence-electron chi connectivity index (χ1n) is 5.58. The van der Waals surface area contributed by atoms with E-state index in [1.165, 1.54) is 0 Å². The topological polar surface area (TPSA) is 92.3 Å². The van der Waals surface area contributed by atoms with E-state index in [1.807, 2.05) is 0 Å². The minimum Gasteiger partial charge on any atom is -0.317 e. The Morgan fingerprint density at radius 3 is 2.24 bits per heavy atom. The predicted octanol–water partition coefficient (Wildman–Crippen LogP) is -0.704. The summed E-state index contributed by atoms with van der Waals surface area (Å²) in [6, 6.07) is -0.219. The zero-order chi connectivity index (χ0) is 13.1. The van der Waals surface area contributed by atoms with Crippen LogP contribution in [0.3, 0.4) is 0 Å². The Balaban J connectivity index is 2.57. The molecular formula is C9H20N2O4S2. The van der Waals surface area contributed by atoms with Crippen LogP contribution in [0.5, 0.6) is 0 Å². The summed E-state index contributed by atoms with van der Waals surface area (Å²) in [4.78, 5) is 0. The minimum absolute atomic E-state index is 0.219. The van der Waals surface area contributed by atoms with Gasteiger partial charge in [-0.3, -0.25) is 0 Å². The van der Waals surface area contributed by atoms with Crippen LogP contribution in [0.1, 0.15) is 19.8 Å². The van der Waals surface area contributed by atoms with Crippen molar-refractivity contribution in [3.05, 3.63) is 0 Å². The van der Waals surface area contributed by atoms with E-state index in [4.69, 9.17) is 0 Å². The summed E-state index contributed by atoms with van der Waals surface area (Å²) in [5, 5.41) is 2.36.